The summed E-state index contributed by atoms with van der Waals surface area (Å²) in [4.78, 5) is 0. The number of benzene rings is 1. The lowest BCUT2D eigenvalue weighted by molar-refractivity contribution is 0.0328. The van der Waals surface area contributed by atoms with Crippen LogP contribution in [0.1, 0.15) is 12.8 Å². The minimum absolute atomic E-state index is 0.187. The van der Waals surface area contributed by atoms with Gasteiger partial charge in [0.25, 0.3) is 0 Å². The summed E-state index contributed by atoms with van der Waals surface area (Å²) in [5.41, 5.74) is 1.01. The molecule has 1 aromatic rings. The number of rotatable bonds is 3. The third kappa shape index (κ3) is 2.60. The van der Waals surface area contributed by atoms with Crippen LogP contribution in [0, 0.1) is 9.39 Å². The smallest absolute Gasteiger partial charge is 0.124 e. The van der Waals surface area contributed by atoms with Gasteiger partial charge in [0.2, 0.25) is 0 Å². The first-order valence-corrected chi connectivity index (χ1v) is 6.01. The van der Waals surface area contributed by atoms with Crippen LogP contribution in [0.3, 0.4) is 0 Å². The Labute approximate surface area is 102 Å². The summed E-state index contributed by atoms with van der Waals surface area (Å²) in [6, 6.07) is 5.28. The average Bonchev–Trinajstić information content (AvgIpc) is 2.13. The van der Waals surface area contributed by atoms with Gasteiger partial charge < -0.3 is 10.1 Å². The van der Waals surface area contributed by atoms with Gasteiger partial charge in [-0.25, -0.2) is 4.39 Å². The molecule has 1 aliphatic rings. The topological polar surface area (TPSA) is 21.3 Å². The molecule has 0 saturated heterocycles. The number of hydrogen-bond donors (Lipinski definition) is 1. The number of hydrogen-bond acceptors (Lipinski definition) is 2. The molecule has 0 aromatic heterocycles. The Morgan fingerprint density at radius 3 is 2.80 bits per heavy atom. The zero-order valence-electron chi connectivity index (χ0n) is 8.47. The largest absolute Gasteiger partial charge is 0.381 e. The van der Waals surface area contributed by atoms with E-state index in [0.717, 1.165) is 22.1 Å². The zero-order valence-corrected chi connectivity index (χ0v) is 10.6. The number of anilines is 1. The maximum absolute atomic E-state index is 12.8. The van der Waals surface area contributed by atoms with Crippen molar-refractivity contribution in [1.82, 2.24) is 0 Å². The van der Waals surface area contributed by atoms with Crippen LogP contribution in [0.5, 0.6) is 0 Å². The molecule has 0 spiro atoms. The van der Waals surface area contributed by atoms with Crippen molar-refractivity contribution in [3.05, 3.63) is 27.6 Å². The molecule has 0 radical (unpaired) electrons. The summed E-state index contributed by atoms with van der Waals surface area (Å²) in [5.74, 6) is -0.187. The monoisotopic (exact) mass is 321 g/mol. The van der Waals surface area contributed by atoms with Gasteiger partial charge >= 0.3 is 0 Å². The van der Waals surface area contributed by atoms with Gasteiger partial charge in [-0.1, -0.05) is 0 Å². The first-order chi connectivity index (χ1) is 7.19. The Morgan fingerprint density at radius 2 is 2.20 bits per heavy atom. The van der Waals surface area contributed by atoms with Crippen LogP contribution in [0.25, 0.3) is 0 Å². The van der Waals surface area contributed by atoms with Crippen molar-refractivity contribution in [2.24, 2.45) is 0 Å². The molecule has 1 aliphatic carbocycles. The highest BCUT2D eigenvalue weighted by Gasteiger charge is 2.28. The summed E-state index contributed by atoms with van der Waals surface area (Å²) in [7, 11) is 1.74. The van der Waals surface area contributed by atoms with Crippen molar-refractivity contribution in [3.63, 3.8) is 0 Å². The number of methoxy groups -OCH3 is 1. The molecule has 82 valence electrons. The Balaban J connectivity index is 1.94. The number of halogens is 2. The molecular weight excluding hydrogens is 308 g/mol. The van der Waals surface area contributed by atoms with Gasteiger partial charge in [0, 0.05) is 22.4 Å². The second-order valence-corrected chi connectivity index (χ2v) is 4.96. The molecule has 2 rings (SSSR count). The summed E-state index contributed by atoms with van der Waals surface area (Å²) < 4.78 is 19.0. The second-order valence-electron chi connectivity index (χ2n) is 3.79. The summed E-state index contributed by atoms with van der Waals surface area (Å²) >= 11 is 2.14. The highest BCUT2D eigenvalue weighted by molar-refractivity contribution is 14.1. The minimum Gasteiger partial charge on any atom is -0.381 e. The predicted molar refractivity (Wildman–Crippen MR) is 66.6 cm³/mol. The fourth-order valence-corrected chi connectivity index (χ4v) is 2.34. The second kappa shape index (κ2) is 4.65. The third-order valence-corrected chi connectivity index (χ3v) is 3.61. The minimum atomic E-state index is -0.187. The molecule has 0 bridgehead atoms. The van der Waals surface area contributed by atoms with Crippen LogP contribution in [-0.4, -0.2) is 19.3 Å². The van der Waals surface area contributed by atoms with Gasteiger partial charge in [0.1, 0.15) is 5.82 Å². The van der Waals surface area contributed by atoms with E-state index in [-0.39, 0.29) is 5.82 Å². The van der Waals surface area contributed by atoms with E-state index < -0.39 is 0 Å². The normalized spacial score (nSPS) is 24.7. The lowest BCUT2D eigenvalue weighted by Crippen LogP contribution is -2.40. The quantitative estimate of drug-likeness (QED) is 0.864. The SMILES string of the molecule is COC1CC(Nc2ccc(F)cc2I)C1. The van der Waals surface area contributed by atoms with E-state index in [0.29, 0.717) is 12.1 Å². The van der Waals surface area contributed by atoms with Crippen LogP contribution in [0.4, 0.5) is 10.1 Å². The van der Waals surface area contributed by atoms with Crippen molar-refractivity contribution in [1.29, 1.82) is 0 Å². The maximum Gasteiger partial charge on any atom is 0.124 e. The molecule has 0 aliphatic heterocycles. The van der Waals surface area contributed by atoms with Crippen LogP contribution in [-0.2, 0) is 4.74 Å². The van der Waals surface area contributed by atoms with Crippen LogP contribution < -0.4 is 5.32 Å². The van der Waals surface area contributed by atoms with Gasteiger partial charge in [-0.2, -0.15) is 0 Å². The molecule has 1 N–H and O–H groups in total. The van der Waals surface area contributed by atoms with Gasteiger partial charge in [0.05, 0.1) is 6.10 Å². The standard InChI is InChI=1S/C11H13FINO/c1-15-9-5-8(6-9)14-11-3-2-7(12)4-10(11)13/h2-4,8-9,14H,5-6H2,1H3. The van der Waals surface area contributed by atoms with E-state index in [1.807, 2.05) is 0 Å². The Kier molecular flexibility index (Phi) is 3.45. The average molecular weight is 321 g/mol. The fourth-order valence-electron chi connectivity index (χ4n) is 1.70. The van der Waals surface area contributed by atoms with Crippen LogP contribution >= 0.6 is 22.6 Å². The lowest BCUT2D eigenvalue weighted by atomic mass is 9.89. The molecule has 4 heteroatoms. The first kappa shape index (κ1) is 11.1. The predicted octanol–water partition coefficient (Wildman–Crippen LogP) is 3.02. The maximum atomic E-state index is 12.8. The van der Waals surface area contributed by atoms with Crippen LogP contribution in [0.2, 0.25) is 0 Å². The Bertz CT molecular complexity index is 352. The van der Waals surface area contributed by atoms with Crippen molar-refractivity contribution in [2.75, 3.05) is 12.4 Å². The summed E-state index contributed by atoms with van der Waals surface area (Å²) in [6.45, 7) is 0. The van der Waals surface area contributed by atoms with Crippen molar-refractivity contribution in [2.45, 2.75) is 25.0 Å². The van der Waals surface area contributed by atoms with E-state index in [1.54, 1.807) is 13.2 Å². The van der Waals surface area contributed by atoms with Gasteiger partial charge in [-0.3, -0.25) is 0 Å². The fraction of sp³-hybridized carbons (Fsp3) is 0.455. The third-order valence-electron chi connectivity index (χ3n) is 2.72. The molecule has 0 amide bonds. The van der Waals surface area contributed by atoms with Crippen molar-refractivity contribution >= 4 is 28.3 Å². The van der Waals surface area contributed by atoms with Gasteiger partial charge in [0.15, 0.2) is 0 Å². The molecule has 1 aromatic carbocycles. The first-order valence-electron chi connectivity index (χ1n) is 4.93. The Morgan fingerprint density at radius 1 is 1.47 bits per heavy atom. The molecule has 0 heterocycles. The molecular formula is C11H13FINO. The van der Waals surface area contributed by atoms with E-state index in [4.69, 9.17) is 4.74 Å². The molecule has 0 unspecified atom stereocenters. The summed E-state index contributed by atoms with van der Waals surface area (Å²) in [5, 5.41) is 3.38. The highest BCUT2D eigenvalue weighted by atomic mass is 127. The zero-order chi connectivity index (χ0) is 10.8. The molecule has 1 saturated carbocycles. The van der Waals surface area contributed by atoms with Crippen molar-refractivity contribution in [3.8, 4) is 0 Å². The van der Waals surface area contributed by atoms with E-state index in [9.17, 15) is 4.39 Å². The molecule has 2 nitrogen and oxygen atoms in total. The summed E-state index contributed by atoms with van der Waals surface area (Å²) in [6.07, 6.45) is 2.45. The van der Waals surface area contributed by atoms with Gasteiger partial charge in [-0.15, -0.1) is 0 Å². The molecule has 0 atom stereocenters. The highest BCUT2D eigenvalue weighted by Crippen LogP contribution is 2.28. The number of nitrogens with one attached hydrogen (secondary N) is 1. The van der Waals surface area contributed by atoms with E-state index >= 15 is 0 Å². The Hall–Kier alpha value is -0.360. The van der Waals surface area contributed by atoms with Crippen molar-refractivity contribution < 1.29 is 9.13 Å². The molecule has 15 heavy (non-hydrogen) atoms. The molecule has 1 fully saturated rings. The van der Waals surface area contributed by atoms with E-state index in [1.165, 1.54) is 12.1 Å². The van der Waals surface area contributed by atoms with E-state index in [2.05, 4.69) is 27.9 Å². The number of ether oxygens (including phenoxy) is 1. The van der Waals surface area contributed by atoms with Crippen LogP contribution in [0.15, 0.2) is 18.2 Å². The van der Waals surface area contributed by atoms with Gasteiger partial charge in [-0.05, 0) is 53.6 Å². The lowest BCUT2D eigenvalue weighted by Gasteiger charge is -2.35.